The lowest BCUT2D eigenvalue weighted by molar-refractivity contribution is -0.115. The van der Waals surface area contributed by atoms with Crippen LogP contribution in [0, 0.1) is 0 Å². The molecule has 0 aliphatic carbocycles. The van der Waals surface area contributed by atoms with Gasteiger partial charge < -0.3 is 15.5 Å². The minimum atomic E-state index is -0.257. The van der Waals surface area contributed by atoms with Gasteiger partial charge in [-0.25, -0.2) is 0 Å². The van der Waals surface area contributed by atoms with Crippen molar-refractivity contribution < 1.29 is 15.0 Å². The summed E-state index contributed by atoms with van der Waals surface area (Å²) in [5.74, 6) is -0.647. The molecule has 0 saturated carbocycles. The first-order chi connectivity index (χ1) is 9.01. The fourth-order valence-corrected chi connectivity index (χ4v) is 2.71. The zero-order valence-electron chi connectivity index (χ0n) is 9.84. The lowest BCUT2D eigenvalue weighted by atomic mass is 10.1. The summed E-state index contributed by atoms with van der Waals surface area (Å²) in [5.41, 5.74) is 1.17. The molecule has 1 aromatic rings. The predicted molar refractivity (Wildman–Crippen MR) is 80.0 cm³/mol. The van der Waals surface area contributed by atoms with E-state index in [2.05, 4.69) is 11.9 Å². The second-order valence-corrected chi connectivity index (χ2v) is 5.61. The summed E-state index contributed by atoms with van der Waals surface area (Å²) >= 11 is 6.06. The van der Waals surface area contributed by atoms with Crippen molar-refractivity contribution >= 4 is 40.3 Å². The normalized spacial score (nSPS) is 16.7. The fourth-order valence-electron chi connectivity index (χ4n) is 1.67. The number of phenolic OH excluding ortho intramolecular Hbond substituents is 2. The van der Waals surface area contributed by atoms with E-state index in [0.717, 1.165) is 0 Å². The summed E-state index contributed by atoms with van der Waals surface area (Å²) in [6.45, 7) is 3.59. The van der Waals surface area contributed by atoms with Crippen molar-refractivity contribution in [2.24, 2.45) is 0 Å². The van der Waals surface area contributed by atoms with Gasteiger partial charge in [0.15, 0.2) is 11.5 Å². The molecule has 19 heavy (non-hydrogen) atoms. The Morgan fingerprint density at radius 2 is 2.16 bits per heavy atom. The molecule has 0 spiro atoms. The Morgan fingerprint density at radius 1 is 1.42 bits per heavy atom. The van der Waals surface area contributed by atoms with Crippen LogP contribution < -0.4 is 5.32 Å². The number of aromatic hydroxyl groups is 2. The van der Waals surface area contributed by atoms with Crippen LogP contribution in [0.15, 0.2) is 29.7 Å². The van der Waals surface area contributed by atoms with Gasteiger partial charge in [0, 0.05) is 5.56 Å². The third-order valence-electron chi connectivity index (χ3n) is 2.50. The van der Waals surface area contributed by atoms with Crippen molar-refractivity contribution in [3.05, 3.63) is 40.8 Å². The number of thiocarbonyl (C=S) groups is 1. The Morgan fingerprint density at radius 3 is 2.74 bits per heavy atom. The summed E-state index contributed by atoms with van der Waals surface area (Å²) < 4.78 is 0.408. The maximum Gasteiger partial charge on any atom is 0.263 e. The third kappa shape index (κ3) is 2.97. The van der Waals surface area contributed by atoms with Gasteiger partial charge in [-0.1, -0.05) is 30.1 Å². The molecule has 1 heterocycles. The summed E-state index contributed by atoms with van der Waals surface area (Å²) in [4.78, 5) is 12.0. The zero-order valence-corrected chi connectivity index (χ0v) is 11.5. The van der Waals surface area contributed by atoms with Crippen molar-refractivity contribution in [1.82, 2.24) is 5.32 Å². The molecule has 1 saturated heterocycles. The Bertz CT molecular complexity index is 608. The molecule has 0 atom stereocenters. The minimum Gasteiger partial charge on any atom is -0.504 e. The van der Waals surface area contributed by atoms with E-state index in [9.17, 15) is 15.0 Å². The van der Waals surface area contributed by atoms with Crippen LogP contribution in [-0.2, 0) is 11.2 Å². The summed E-state index contributed by atoms with van der Waals surface area (Å²) in [5, 5.41) is 21.8. The molecule has 2 rings (SSSR count). The number of phenols is 2. The largest absolute Gasteiger partial charge is 0.504 e. The smallest absolute Gasteiger partial charge is 0.263 e. The first kappa shape index (κ1) is 13.6. The average Bonchev–Trinajstić information content (AvgIpc) is 2.64. The molecular formula is C13H11NO3S2. The molecule has 1 aliphatic heterocycles. The van der Waals surface area contributed by atoms with Crippen molar-refractivity contribution in [2.45, 2.75) is 6.42 Å². The number of thioether (sulfide) groups is 1. The lowest BCUT2D eigenvalue weighted by Gasteiger charge is -2.06. The van der Waals surface area contributed by atoms with E-state index in [1.165, 1.54) is 17.8 Å². The second kappa shape index (κ2) is 5.46. The number of amides is 1. The second-order valence-electron chi connectivity index (χ2n) is 3.89. The molecule has 98 valence electrons. The van der Waals surface area contributed by atoms with Crippen LogP contribution in [-0.4, -0.2) is 20.4 Å². The molecule has 0 aromatic heterocycles. The molecule has 1 aliphatic rings. The summed E-state index contributed by atoms with van der Waals surface area (Å²) in [6, 6.07) is 3.09. The first-order valence-electron chi connectivity index (χ1n) is 5.42. The lowest BCUT2D eigenvalue weighted by Crippen LogP contribution is -2.17. The van der Waals surface area contributed by atoms with Gasteiger partial charge in [-0.3, -0.25) is 4.79 Å². The minimum absolute atomic E-state index is 0.166. The predicted octanol–water partition coefficient (Wildman–Crippen LogP) is 2.32. The molecule has 4 nitrogen and oxygen atoms in total. The summed E-state index contributed by atoms with van der Waals surface area (Å²) in [7, 11) is 0. The molecule has 1 amide bonds. The maximum absolute atomic E-state index is 11.5. The standard InChI is InChI=1S/C13H11NO3S2/c1-2-3-8-4-7(5-9(15)11(8)16)6-10-12(17)14-13(18)19-10/h2,4-6,15-16H,1,3H2,(H,14,17,18)/b10-6-. The quantitative estimate of drug-likeness (QED) is 0.345. The number of benzene rings is 1. The van der Waals surface area contributed by atoms with Gasteiger partial charge in [-0.15, -0.1) is 6.58 Å². The van der Waals surface area contributed by atoms with E-state index >= 15 is 0 Å². The molecule has 1 fully saturated rings. The molecule has 6 heteroatoms. The topological polar surface area (TPSA) is 69.6 Å². The van der Waals surface area contributed by atoms with Crippen LogP contribution in [0.3, 0.4) is 0 Å². The highest BCUT2D eigenvalue weighted by Crippen LogP contribution is 2.33. The molecule has 0 unspecified atom stereocenters. The van der Waals surface area contributed by atoms with Crippen molar-refractivity contribution in [1.29, 1.82) is 0 Å². The van der Waals surface area contributed by atoms with Gasteiger partial charge in [-0.2, -0.15) is 0 Å². The van der Waals surface area contributed by atoms with E-state index < -0.39 is 0 Å². The van der Waals surface area contributed by atoms with Crippen molar-refractivity contribution in [3.8, 4) is 11.5 Å². The van der Waals surface area contributed by atoms with E-state index in [0.29, 0.717) is 26.8 Å². The Labute approximate surface area is 119 Å². The molecular weight excluding hydrogens is 282 g/mol. The molecule has 0 radical (unpaired) electrons. The van der Waals surface area contributed by atoms with E-state index in [-0.39, 0.29) is 17.4 Å². The van der Waals surface area contributed by atoms with Crippen LogP contribution in [0.5, 0.6) is 11.5 Å². The van der Waals surface area contributed by atoms with Crippen LogP contribution in [0.4, 0.5) is 0 Å². The zero-order chi connectivity index (χ0) is 14.0. The molecule has 3 N–H and O–H groups in total. The van der Waals surface area contributed by atoms with E-state index in [1.807, 2.05) is 0 Å². The fraction of sp³-hybridized carbons (Fsp3) is 0.0769. The third-order valence-corrected chi connectivity index (χ3v) is 3.66. The monoisotopic (exact) mass is 293 g/mol. The number of carbonyl (C=O) groups excluding carboxylic acids is 1. The van der Waals surface area contributed by atoms with E-state index in [4.69, 9.17) is 12.2 Å². The Balaban J connectivity index is 2.41. The van der Waals surface area contributed by atoms with Gasteiger partial charge >= 0.3 is 0 Å². The van der Waals surface area contributed by atoms with Gasteiger partial charge in [0.1, 0.15) is 4.32 Å². The highest BCUT2D eigenvalue weighted by atomic mass is 32.2. The average molecular weight is 293 g/mol. The van der Waals surface area contributed by atoms with Crippen molar-refractivity contribution in [3.63, 3.8) is 0 Å². The van der Waals surface area contributed by atoms with Crippen LogP contribution in [0.2, 0.25) is 0 Å². The van der Waals surface area contributed by atoms with Gasteiger partial charge in [-0.05, 0) is 30.2 Å². The highest BCUT2D eigenvalue weighted by molar-refractivity contribution is 8.26. The summed E-state index contributed by atoms with van der Waals surface area (Å²) in [6.07, 6.45) is 3.66. The van der Waals surface area contributed by atoms with E-state index in [1.54, 1.807) is 18.2 Å². The van der Waals surface area contributed by atoms with Crippen molar-refractivity contribution in [2.75, 3.05) is 0 Å². The Kier molecular flexibility index (Phi) is 3.92. The number of hydrogen-bond donors (Lipinski definition) is 3. The van der Waals surface area contributed by atoms with Gasteiger partial charge in [0.2, 0.25) is 0 Å². The SMILES string of the molecule is C=CCc1cc(/C=C2\SC(=S)NC2=O)cc(O)c1O. The molecule has 1 aromatic carbocycles. The number of rotatable bonds is 3. The van der Waals surface area contributed by atoms with Gasteiger partial charge in [0.05, 0.1) is 4.91 Å². The molecule has 0 bridgehead atoms. The number of carbonyl (C=O) groups is 1. The highest BCUT2D eigenvalue weighted by Gasteiger charge is 2.22. The van der Waals surface area contributed by atoms with Gasteiger partial charge in [0.25, 0.3) is 5.91 Å². The number of nitrogens with one attached hydrogen (secondary N) is 1. The maximum atomic E-state index is 11.5. The number of allylic oxidation sites excluding steroid dienone is 1. The van der Waals surface area contributed by atoms with Crippen LogP contribution in [0.25, 0.3) is 6.08 Å². The van der Waals surface area contributed by atoms with Crippen LogP contribution in [0.1, 0.15) is 11.1 Å². The Hall–Kier alpha value is -1.79. The first-order valence-corrected chi connectivity index (χ1v) is 6.64. The van der Waals surface area contributed by atoms with Crippen LogP contribution >= 0.6 is 24.0 Å². The number of hydrogen-bond acceptors (Lipinski definition) is 5.